The second kappa shape index (κ2) is 9.32. The zero-order chi connectivity index (χ0) is 22.8. The number of nitriles is 1. The number of aryl methyl sites for hydroxylation is 2. The topological polar surface area (TPSA) is 86.3 Å². The first-order valence-corrected chi connectivity index (χ1v) is 11.7. The summed E-state index contributed by atoms with van der Waals surface area (Å²) in [6, 6.07) is 9.00. The zero-order valence-corrected chi connectivity index (χ0v) is 19.5. The highest BCUT2D eigenvalue weighted by Crippen LogP contribution is 2.37. The third kappa shape index (κ3) is 4.64. The van der Waals surface area contributed by atoms with E-state index in [0.29, 0.717) is 37.9 Å². The van der Waals surface area contributed by atoms with Gasteiger partial charge in [-0.15, -0.1) is 0 Å². The summed E-state index contributed by atoms with van der Waals surface area (Å²) in [5, 5.41) is 13.3. The number of benzene rings is 1. The minimum absolute atomic E-state index is 0.0101. The highest BCUT2D eigenvalue weighted by Gasteiger charge is 2.37. The van der Waals surface area contributed by atoms with Crippen molar-refractivity contribution >= 4 is 6.03 Å². The van der Waals surface area contributed by atoms with Crippen molar-refractivity contribution in [3.8, 4) is 6.07 Å². The number of carbonyl (C=O) groups excluding carboxylic acids is 1. The standard InChI is InChI=1S/C25H33N5O2/c1-16(2)23-27-24(32-28-23)22-12-21(20-6-5-17(3)18(4)11-20)14-30(15-22)25(31)29-9-7-19(13-26)8-10-29/h5-6,11,16,19,21-22H,7-10,12,14-15H2,1-4H3. The van der Waals surface area contributed by atoms with E-state index in [1.165, 1.54) is 16.7 Å². The fourth-order valence-electron chi connectivity index (χ4n) is 4.74. The van der Waals surface area contributed by atoms with E-state index in [0.717, 1.165) is 19.3 Å². The Labute approximate surface area is 190 Å². The van der Waals surface area contributed by atoms with Gasteiger partial charge in [-0.3, -0.25) is 0 Å². The Balaban J connectivity index is 1.58. The second-order valence-electron chi connectivity index (χ2n) is 9.70. The van der Waals surface area contributed by atoms with Gasteiger partial charge in [0.1, 0.15) is 0 Å². The van der Waals surface area contributed by atoms with E-state index in [4.69, 9.17) is 4.52 Å². The average molecular weight is 436 g/mol. The minimum Gasteiger partial charge on any atom is -0.339 e. The van der Waals surface area contributed by atoms with Crippen molar-refractivity contribution in [2.24, 2.45) is 5.92 Å². The molecule has 2 atom stereocenters. The molecule has 170 valence electrons. The molecule has 0 aliphatic carbocycles. The van der Waals surface area contributed by atoms with Crippen molar-refractivity contribution in [2.75, 3.05) is 26.2 Å². The first-order valence-electron chi connectivity index (χ1n) is 11.7. The largest absolute Gasteiger partial charge is 0.339 e. The molecule has 0 saturated carbocycles. The van der Waals surface area contributed by atoms with E-state index >= 15 is 0 Å². The number of piperidine rings is 2. The SMILES string of the molecule is Cc1ccc(C2CC(c3nc(C(C)C)no3)CN(C(=O)N3CCC(C#N)CC3)C2)cc1C. The van der Waals surface area contributed by atoms with E-state index in [-0.39, 0.29) is 29.7 Å². The Kier molecular flexibility index (Phi) is 6.50. The molecule has 2 aliphatic heterocycles. The van der Waals surface area contributed by atoms with Gasteiger partial charge in [-0.1, -0.05) is 37.2 Å². The van der Waals surface area contributed by atoms with Crippen LogP contribution in [0.4, 0.5) is 4.79 Å². The van der Waals surface area contributed by atoms with Gasteiger partial charge in [0.05, 0.1) is 12.0 Å². The van der Waals surface area contributed by atoms with Gasteiger partial charge >= 0.3 is 6.03 Å². The number of likely N-dealkylation sites (tertiary alicyclic amines) is 2. The highest BCUT2D eigenvalue weighted by atomic mass is 16.5. The smallest absolute Gasteiger partial charge is 0.320 e. The van der Waals surface area contributed by atoms with Crippen molar-refractivity contribution in [3.63, 3.8) is 0 Å². The number of hydrogen-bond donors (Lipinski definition) is 0. The first kappa shape index (κ1) is 22.3. The van der Waals surface area contributed by atoms with Crippen LogP contribution in [0, 0.1) is 31.1 Å². The van der Waals surface area contributed by atoms with Crippen LogP contribution in [0.5, 0.6) is 0 Å². The Hall–Kier alpha value is -2.88. The number of nitrogens with zero attached hydrogens (tertiary/aromatic N) is 5. The van der Waals surface area contributed by atoms with Crippen LogP contribution in [-0.2, 0) is 0 Å². The van der Waals surface area contributed by atoms with Gasteiger partial charge in [-0.05, 0) is 49.8 Å². The molecule has 32 heavy (non-hydrogen) atoms. The summed E-state index contributed by atoms with van der Waals surface area (Å²) in [5.41, 5.74) is 3.79. The predicted molar refractivity (Wildman–Crippen MR) is 121 cm³/mol. The lowest BCUT2D eigenvalue weighted by Crippen LogP contribution is -2.51. The summed E-state index contributed by atoms with van der Waals surface area (Å²) in [6.07, 6.45) is 2.38. The quantitative estimate of drug-likeness (QED) is 0.695. The summed E-state index contributed by atoms with van der Waals surface area (Å²) in [4.78, 5) is 22.0. The Bertz CT molecular complexity index is 1000. The predicted octanol–water partition coefficient (Wildman–Crippen LogP) is 4.74. The molecule has 2 aliphatic rings. The molecule has 2 fully saturated rings. The van der Waals surface area contributed by atoms with Crippen molar-refractivity contribution in [3.05, 3.63) is 46.6 Å². The fourth-order valence-corrected chi connectivity index (χ4v) is 4.74. The average Bonchev–Trinajstić information content (AvgIpc) is 3.31. The lowest BCUT2D eigenvalue weighted by Gasteiger charge is -2.40. The van der Waals surface area contributed by atoms with Gasteiger partial charge in [-0.25, -0.2) is 4.79 Å². The van der Waals surface area contributed by atoms with Gasteiger partial charge in [-0.2, -0.15) is 10.2 Å². The number of urea groups is 1. The summed E-state index contributed by atoms with van der Waals surface area (Å²) in [7, 11) is 0. The molecule has 2 saturated heterocycles. The molecule has 3 heterocycles. The van der Waals surface area contributed by atoms with Crippen molar-refractivity contribution in [1.29, 1.82) is 5.26 Å². The molecule has 0 N–H and O–H groups in total. The van der Waals surface area contributed by atoms with E-state index in [2.05, 4.69) is 48.3 Å². The van der Waals surface area contributed by atoms with Crippen LogP contribution >= 0.6 is 0 Å². The van der Waals surface area contributed by atoms with Crippen molar-refractivity contribution in [2.45, 2.75) is 64.7 Å². The van der Waals surface area contributed by atoms with Gasteiger partial charge in [0, 0.05) is 43.9 Å². The molecule has 1 aromatic heterocycles. The van der Waals surface area contributed by atoms with E-state index in [9.17, 15) is 10.1 Å². The Morgan fingerprint density at radius 2 is 1.84 bits per heavy atom. The number of hydrogen-bond acceptors (Lipinski definition) is 5. The maximum atomic E-state index is 13.4. The molecule has 0 bridgehead atoms. The molecule has 7 nitrogen and oxygen atoms in total. The summed E-state index contributed by atoms with van der Waals surface area (Å²) in [5.74, 6) is 1.82. The van der Waals surface area contributed by atoms with Crippen LogP contribution in [0.25, 0.3) is 0 Å². The molecule has 7 heteroatoms. The third-order valence-electron chi connectivity index (χ3n) is 6.99. The zero-order valence-electron chi connectivity index (χ0n) is 19.5. The number of carbonyl (C=O) groups is 1. The third-order valence-corrected chi connectivity index (χ3v) is 6.99. The van der Waals surface area contributed by atoms with Crippen molar-refractivity contribution < 1.29 is 9.32 Å². The van der Waals surface area contributed by atoms with Crippen LogP contribution in [0.1, 0.15) is 79.3 Å². The summed E-state index contributed by atoms with van der Waals surface area (Å²) < 4.78 is 5.65. The Morgan fingerprint density at radius 1 is 1.12 bits per heavy atom. The molecule has 1 aromatic carbocycles. The molecule has 2 amide bonds. The summed E-state index contributed by atoms with van der Waals surface area (Å²) in [6.45, 7) is 10.9. The highest BCUT2D eigenvalue weighted by molar-refractivity contribution is 5.75. The molecule has 2 aromatic rings. The fraction of sp³-hybridized carbons (Fsp3) is 0.600. The lowest BCUT2D eigenvalue weighted by molar-refractivity contribution is 0.116. The monoisotopic (exact) mass is 435 g/mol. The number of amides is 2. The second-order valence-corrected chi connectivity index (χ2v) is 9.70. The van der Waals surface area contributed by atoms with E-state index in [1.54, 1.807) is 0 Å². The van der Waals surface area contributed by atoms with Crippen LogP contribution < -0.4 is 0 Å². The molecule has 2 unspecified atom stereocenters. The maximum Gasteiger partial charge on any atom is 0.320 e. The first-order chi connectivity index (χ1) is 15.4. The van der Waals surface area contributed by atoms with Crippen molar-refractivity contribution in [1.82, 2.24) is 19.9 Å². The minimum atomic E-state index is 0.0101. The normalized spacial score (nSPS) is 22.2. The number of aromatic nitrogens is 2. The number of rotatable bonds is 3. The molecular weight excluding hydrogens is 402 g/mol. The molecule has 0 radical (unpaired) electrons. The maximum absolute atomic E-state index is 13.4. The molecule has 0 spiro atoms. The summed E-state index contributed by atoms with van der Waals surface area (Å²) >= 11 is 0. The Morgan fingerprint density at radius 3 is 2.47 bits per heavy atom. The van der Waals surface area contributed by atoms with Gasteiger partial charge < -0.3 is 14.3 Å². The van der Waals surface area contributed by atoms with E-state index < -0.39 is 0 Å². The van der Waals surface area contributed by atoms with Crippen LogP contribution in [0.15, 0.2) is 22.7 Å². The van der Waals surface area contributed by atoms with Gasteiger partial charge in [0.25, 0.3) is 0 Å². The lowest BCUT2D eigenvalue weighted by atomic mass is 9.83. The van der Waals surface area contributed by atoms with Crippen LogP contribution in [0.2, 0.25) is 0 Å². The van der Waals surface area contributed by atoms with Gasteiger partial charge in [0.15, 0.2) is 5.82 Å². The molecule has 4 rings (SSSR count). The molecular formula is C25H33N5O2. The van der Waals surface area contributed by atoms with Crippen LogP contribution in [0.3, 0.4) is 0 Å². The van der Waals surface area contributed by atoms with Gasteiger partial charge in [0.2, 0.25) is 5.89 Å². The van der Waals surface area contributed by atoms with Crippen LogP contribution in [-0.4, -0.2) is 52.2 Å². The van der Waals surface area contributed by atoms with E-state index in [1.807, 2.05) is 23.6 Å².